The van der Waals surface area contributed by atoms with Crippen molar-refractivity contribution >= 4 is 33.0 Å². The summed E-state index contributed by atoms with van der Waals surface area (Å²) >= 11 is 3.46. The fourth-order valence-corrected chi connectivity index (χ4v) is 3.22. The van der Waals surface area contributed by atoms with E-state index < -0.39 is 0 Å². The Kier molecular flexibility index (Phi) is 4.06. The van der Waals surface area contributed by atoms with Crippen molar-refractivity contribution in [3.8, 4) is 0 Å². The van der Waals surface area contributed by atoms with Crippen LogP contribution in [0.25, 0.3) is 0 Å². The van der Waals surface area contributed by atoms with Crippen LogP contribution in [-0.4, -0.2) is 26.2 Å². The van der Waals surface area contributed by atoms with Crippen molar-refractivity contribution in [2.75, 3.05) is 41.7 Å². The third kappa shape index (κ3) is 3.16. The first kappa shape index (κ1) is 14.3. The van der Waals surface area contributed by atoms with Gasteiger partial charge in [-0.15, -0.1) is 0 Å². The standard InChI is InChI=1S/C17H20BrN3/c1-13-3-2-4-15(11-13)20-7-9-21(10-8-20)17-6-5-14(18)12-16(17)19/h2-6,11-12H,7-10,19H2,1H3. The monoisotopic (exact) mass is 345 g/mol. The first-order chi connectivity index (χ1) is 10.1. The van der Waals surface area contributed by atoms with Gasteiger partial charge in [0.15, 0.2) is 0 Å². The molecular formula is C17H20BrN3. The average molecular weight is 346 g/mol. The van der Waals surface area contributed by atoms with Gasteiger partial charge in [-0.1, -0.05) is 28.1 Å². The van der Waals surface area contributed by atoms with Crippen molar-refractivity contribution in [2.45, 2.75) is 6.92 Å². The van der Waals surface area contributed by atoms with E-state index in [1.807, 2.05) is 6.07 Å². The Labute approximate surface area is 134 Å². The Morgan fingerprint density at radius 1 is 0.952 bits per heavy atom. The van der Waals surface area contributed by atoms with Gasteiger partial charge in [0, 0.05) is 36.3 Å². The predicted octanol–water partition coefficient (Wildman–Crippen LogP) is 3.67. The molecule has 0 amide bonds. The molecular weight excluding hydrogens is 326 g/mol. The molecule has 3 nitrogen and oxygen atoms in total. The van der Waals surface area contributed by atoms with Crippen LogP contribution in [0.3, 0.4) is 0 Å². The van der Waals surface area contributed by atoms with E-state index in [2.05, 4.69) is 69.1 Å². The predicted molar refractivity (Wildman–Crippen MR) is 94.2 cm³/mol. The summed E-state index contributed by atoms with van der Waals surface area (Å²) in [5.74, 6) is 0. The molecule has 0 spiro atoms. The number of nitrogens with zero attached hydrogens (tertiary/aromatic N) is 2. The van der Waals surface area contributed by atoms with E-state index in [1.165, 1.54) is 11.3 Å². The van der Waals surface area contributed by atoms with Crippen LogP contribution >= 0.6 is 15.9 Å². The van der Waals surface area contributed by atoms with Crippen molar-refractivity contribution in [2.24, 2.45) is 0 Å². The summed E-state index contributed by atoms with van der Waals surface area (Å²) in [5.41, 5.74) is 10.7. The lowest BCUT2D eigenvalue weighted by Gasteiger charge is -2.38. The first-order valence-corrected chi connectivity index (χ1v) is 8.04. The second-order valence-electron chi connectivity index (χ2n) is 5.52. The van der Waals surface area contributed by atoms with Gasteiger partial charge < -0.3 is 15.5 Å². The van der Waals surface area contributed by atoms with E-state index in [4.69, 9.17) is 5.73 Å². The topological polar surface area (TPSA) is 32.5 Å². The SMILES string of the molecule is Cc1cccc(N2CCN(c3ccc(Br)cc3N)CC2)c1. The molecule has 1 aliphatic rings. The van der Waals surface area contributed by atoms with Crippen LogP contribution in [0.4, 0.5) is 17.1 Å². The summed E-state index contributed by atoms with van der Waals surface area (Å²) < 4.78 is 1.03. The van der Waals surface area contributed by atoms with E-state index in [9.17, 15) is 0 Å². The molecule has 2 aromatic carbocycles. The molecule has 1 heterocycles. The molecule has 110 valence electrons. The third-order valence-corrected chi connectivity index (χ3v) is 4.47. The minimum absolute atomic E-state index is 0.841. The van der Waals surface area contributed by atoms with Crippen LogP contribution in [0.1, 0.15) is 5.56 Å². The molecule has 1 fully saturated rings. The van der Waals surface area contributed by atoms with Crippen molar-refractivity contribution in [3.05, 3.63) is 52.5 Å². The van der Waals surface area contributed by atoms with Gasteiger partial charge in [0.25, 0.3) is 0 Å². The highest BCUT2D eigenvalue weighted by Crippen LogP contribution is 2.28. The summed E-state index contributed by atoms with van der Waals surface area (Å²) in [6.07, 6.45) is 0. The molecule has 1 saturated heterocycles. The maximum absolute atomic E-state index is 6.13. The van der Waals surface area contributed by atoms with Crippen molar-refractivity contribution in [1.82, 2.24) is 0 Å². The van der Waals surface area contributed by atoms with Gasteiger partial charge in [0.1, 0.15) is 0 Å². The van der Waals surface area contributed by atoms with Crippen LogP contribution in [0.2, 0.25) is 0 Å². The van der Waals surface area contributed by atoms with Crippen LogP contribution in [-0.2, 0) is 0 Å². The first-order valence-electron chi connectivity index (χ1n) is 7.25. The number of rotatable bonds is 2. The Balaban J connectivity index is 1.70. The minimum atomic E-state index is 0.841. The van der Waals surface area contributed by atoms with E-state index in [1.54, 1.807) is 0 Å². The van der Waals surface area contributed by atoms with Crippen LogP contribution in [0, 0.1) is 6.92 Å². The maximum atomic E-state index is 6.13. The lowest BCUT2D eigenvalue weighted by Crippen LogP contribution is -2.46. The number of hydrogen-bond acceptors (Lipinski definition) is 3. The number of benzene rings is 2. The summed E-state index contributed by atoms with van der Waals surface area (Å²) in [6.45, 7) is 6.19. The highest BCUT2D eigenvalue weighted by atomic mass is 79.9. The van der Waals surface area contributed by atoms with Gasteiger partial charge >= 0.3 is 0 Å². The van der Waals surface area contributed by atoms with Gasteiger partial charge in [0.05, 0.1) is 11.4 Å². The van der Waals surface area contributed by atoms with Crippen molar-refractivity contribution in [3.63, 3.8) is 0 Å². The fraction of sp³-hybridized carbons (Fsp3) is 0.294. The molecule has 1 aliphatic heterocycles. The number of aryl methyl sites for hydroxylation is 1. The average Bonchev–Trinajstić information content (AvgIpc) is 2.47. The molecule has 2 aromatic rings. The van der Waals surface area contributed by atoms with Crippen molar-refractivity contribution < 1.29 is 0 Å². The summed E-state index contributed by atoms with van der Waals surface area (Å²) in [5, 5.41) is 0. The van der Waals surface area contributed by atoms with Gasteiger partial charge in [-0.2, -0.15) is 0 Å². The lowest BCUT2D eigenvalue weighted by molar-refractivity contribution is 0.654. The molecule has 0 saturated carbocycles. The number of hydrogen-bond donors (Lipinski definition) is 1. The van der Waals surface area contributed by atoms with Gasteiger partial charge in [0.2, 0.25) is 0 Å². The molecule has 0 bridgehead atoms. The van der Waals surface area contributed by atoms with E-state index >= 15 is 0 Å². The van der Waals surface area contributed by atoms with Crippen molar-refractivity contribution in [1.29, 1.82) is 0 Å². The molecule has 0 unspecified atom stereocenters. The van der Waals surface area contributed by atoms with E-state index in [0.717, 1.165) is 42.0 Å². The highest BCUT2D eigenvalue weighted by Gasteiger charge is 2.19. The quantitative estimate of drug-likeness (QED) is 0.843. The zero-order chi connectivity index (χ0) is 14.8. The summed E-state index contributed by atoms with van der Waals surface area (Å²) in [7, 11) is 0. The second-order valence-corrected chi connectivity index (χ2v) is 6.43. The Hall–Kier alpha value is -1.68. The zero-order valence-electron chi connectivity index (χ0n) is 12.2. The third-order valence-electron chi connectivity index (χ3n) is 3.98. The lowest BCUT2D eigenvalue weighted by atomic mass is 10.1. The number of halogens is 1. The number of piperazine rings is 1. The Morgan fingerprint density at radius 2 is 1.67 bits per heavy atom. The largest absolute Gasteiger partial charge is 0.397 e. The number of nitrogen functional groups attached to an aromatic ring is 1. The smallest absolute Gasteiger partial charge is 0.0601 e. The summed E-state index contributed by atoms with van der Waals surface area (Å²) in [6, 6.07) is 14.8. The summed E-state index contributed by atoms with van der Waals surface area (Å²) in [4.78, 5) is 4.81. The Bertz CT molecular complexity index is 634. The second kappa shape index (κ2) is 5.98. The van der Waals surface area contributed by atoms with Gasteiger partial charge in [-0.25, -0.2) is 0 Å². The number of anilines is 3. The fourth-order valence-electron chi connectivity index (χ4n) is 2.84. The van der Waals surface area contributed by atoms with Crippen LogP contribution < -0.4 is 15.5 Å². The van der Waals surface area contributed by atoms with E-state index in [0.29, 0.717) is 0 Å². The molecule has 21 heavy (non-hydrogen) atoms. The molecule has 3 rings (SSSR count). The van der Waals surface area contributed by atoms with E-state index in [-0.39, 0.29) is 0 Å². The minimum Gasteiger partial charge on any atom is -0.397 e. The van der Waals surface area contributed by atoms with Crippen LogP contribution in [0.15, 0.2) is 46.9 Å². The maximum Gasteiger partial charge on any atom is 0.0601 e. The van der Waals surface area contributed by atoms with Crippen LogP contribution in [0.5, 0.6) is 0 Å². The molecule has 0 atom stereocenters. The highest BCUT2D eigenvalue weighted by molar-refractivity contribution is 9.10. The Morgan fingerprint density at radius 3 is 2.33 bits per heavy atom. The molecule has 0 aromatic heterocycles. The zero-order valence-corrected chi connectivity index (χ0v) is 13.8. The molecule has 0 aliphatic carbocycles. The van der Waals surface area contributed by atoms with Gasteiger partial charge in [-0.3, -0.25) is 0 Å². The molecule has 0 radical (unpaired) electrons. The van der Waals surface area contributed by atoms with Gasteiger partial charge in [-0.05, 0) is 42.8 Å². The normalized spacial score (nSPS) is 15.3. The molecule has 4 heteroatoms. The number of nitrogens with two attached hydrogens (primary N) is 1. The molecule has 2 N–H and O–H groups in total.